The van der Waals surface area contributed by atoms with E-state index in [-0.39, 0.29) is 19.8 Å². The smallest absolute Gasteiger partial charge is 0.450 e. The number of carboxylic acid groups (broad SMARTS) is 1. The first-order valence-corrected chi connectivity index (χ1v) is 4.64. The van der Waals surface area contributed by atoms with Crippen molar-refractivity contribution in [2.45, 2.75) is 6.10 Å². The quantitative estimate of drug-likeness (QED) is 0.300. The van der Waals surface area contributed by atoms with Crippen LogP contribution >= 0.6 is 0 Å². The standard InChI is InChI=1S/C10H14O7/c1-3-8(17-9(11)12)7-14-5-6-16-10(13)15-4-2/h3-4,8H,1-2,5-7H2,(H,11,12). The molecule has 7 heteroatoms. The van der Waals surface area contributed by atoms with Crippen LogP contribution in [0.1, 0.15) is 0 Å². The lowest BCUT2D eigenvalue weighted by atomic mass is 10.4. The lowest BCUT2D eigenvalue weighted by molar-refractivity contribution is 0.00120. The van der Waals surface area contributed by atoms with Gasteiger partial charge in [-0.05, 0) is 6.08 Å². The third-order valence-electron chi connectivity index (χ3n) is 1.42. The Morgan fingerprint density at radius 1 is 1.29 bits per heavy atom. The Morgan fingerprint density at radius 3 is 2.53 bits per heavy atom. The lowest BCUT2D eigenvalue weighted by Gasteiger charge is -2.11. The van der Waals surface area contributed by atoms with Crippen molar-refractivity contribution in [3.8, 4) is 0 Å². The molecule has 0 aliphatic carbocycles. The third kappa shape index (κ3) is 8.94. The highest BCUT2D eigenvalue weighted by Gasteiger charge is 2.09. The monoisotopic (exact) mass is 246 g/mol. The molecule has 0 aliphatic rings. The van der Waals surface area contributed by atoms with Crippen LogP contribution in [-0.2, 0) is 18.9 Å². The Labute approximate surface area is 98.2 Å². The van der Waals surface area contributed by atoms with Crippen LogP contribution in [0.15, 0.2) is 25.5 Å². The SMILES string of the molecule is C=COC(=O)OCCOCC(C=C)OC(=O)O. The summed E-state index contributed by atoms with van der Waals surface area (Å²) in [7, 11) is 0. The number of rotatable bonds is 8. The fourth-order valence-corrected chi connectivity index (χ4v) is 0.765. The van der Waals surface area contributed by atoms with Crippen LogP contribution < -0.4 is 0 Å². The summed E-state index contributed by atoms with van der Waals surface area (Å²) in [6.45, 7) is 6.60. The van der Waals surface area contributed by atoms with Gasteiger partial charge in [-0.1, -0.05) is 13.2 Å². The molecule has 0 radical (unpaired) electrons. The Hall–Kier alpha value is -2.02. The van der Waals surface area contributed by atoms with Crippen molar-refractivity contribution >= 4 is 12.3 Å². The molecule has 0 bridgehead atoms. The van der Waals surface area contributed by atoms with E-state index in [1.54, 1.807) is 0 Å². The molecule has 17 heavy (non-hydrogen) atoms. The summed E-state index contributed by atoms with van der Waals surface area (Å²) in [6, 6.07) is 0. The van der Waals surface area contributed by atoms with E-state index in [0.29, 0.717) is 0 Å². The molecule has 0 saturated heterocycles. The average molecular weight is 246 g/mol. The molecule has 1 atom stereocenters. The number of hydrogen-bond acceptors (Lipinski definition) is 6. The van der Waals surface area contributed by atoms with Crippen LogP contribution in [0.25, 0.3) is 0 Å². The van der Waals surface area contributed by atoms with E-state index < -0.39 is 18.4 Å². The molecule has 0 amide bonds. The molecular formula is C10H14O7. The van der Waals surface area contributed by atoms with Crippen molar-refractivity contribution in [1.29, 1.82) is 0 Å². The zero-order chi connectivity index (χ0) is 13.1. The lowest BCUT2D eigenvalue weighted by Crippen LogP contribution is -2.21. The Kier molecular flexibility index (Phi) is 8.13. The molecule has 7 nitrogen and oxygen atoms in total. The topological polar surface area (TPSA) is 91.3 Å². The van der Waals surface area contributed by atoms with Crippen molar-refractivity contribution in [3.63, 3.8) is 0 Å². The molecule has 0 aromatic rings. The first kappa shape index (κ1) is 15.0. The Morgan fingerprint density at radius 2 is 2.00 bits per heavy atom. The van der Waals surface area contributed by atoms with Crippen molar-refractivity contribution in [1.82, 2.24) is 0 Å². The van der Waals surface area contributed by atoms with Crippen LogP contribution in [-0.4, -0.2) is 43.3 Å². The molecule has 0 rings (SSSR count). The van der Waals surface area contributed by atoms with Crippen molar-refractivity contribution in [2.24, 2.45) is 0 Å². The zero-order valence-electron chi connectivity index (χ0n) is 9.16. The maximum absolute atomic E-state index is 10.7. The van der Waals surface area contributed by atoms with Gasteiger partial charge in [0, 0.05) is 0 Å². The summed E-state index contributed by atoms with van der Waals surface area (Å²) in [5, 5.41) is 8.33. The Bertz CT molecular complexity index is 274. The van der Waals surface area contributed by atoms with Gasteiger partial charge in [-0.25, -0.2) is 9.59 Å². The molecule has 0 fully saturated rings. The van der Waals surface area contributed by atoms with Gasteiger partial charge in [-0.3, -0.25) is 0 Å². The number of carbonyl (C=O) groups excluding carboxylic acids is 1. The van der Waals surface area contributed by atoms with E-state index in [1.807, 2.05) is 0 Å². The molecule has 0 spiro atoms. The average Bonchev–Trinajstić information content (AvgIpc) is 2.26. The maximum Gasteiger partial charge on any atom is 0.513 e. The summed E-state index contributed by atoms with van der Waals surface area (Å²) in [4.78, 5) is 20.8. The minimum Gasteiger partial charge on any atom is -0.450 e. The van der Waals surface area contributed by atoms with E-state index in [1.165, 1.54) is 6.08 Å². The Balaban J connectivity index is 3.55. The number of hydrogen-bond donors (Lipinski definition) is 1. The summed E-state index contributed by atoms with van der Waals surface area (Å²) in [5.74, 6) is 0. The van der Waals surface area contributed by atoms with E-state index in [2.05, 4.69) is 27.4 Å². The van der Waals surface area contributed by atoms with E-state index in [0.717, 1.165) is 6.26 Å². The summed E-state index contributed by atoms with van der Waals surface area (Å²) >= 11 is 0. The van der Waals surface area contributed by atoms with Crippen LogP contribution in [0.5, 0.6) is 0 Å². The number of carbonyl (C=O) groups is 2. The van der Waals surface area contributed by atoms with E-state index >= 15 is 0 Å². The van der Waals surface area contributed by atoms with Crippen molar-refractivity contribution < 1.29 is 33.6 Å². The van der Waals surface area contributed by atoms with Crippen molar-refractivity contribution in [2.75, 3.05) is 19.8 Å². The highest BCUT2D eigenvalue weighted by molar-refractivity contribution is 5.60. The van der Waals surface area contributed by atoms with Gasteiger partial charge in [0.15, 0.2) is 0 Å². The predicted molar refractivity (Wildman–Crippen MR) is 56.5 cm³/mol. The van der Waals surface area contributed by atoms with Crippen LogP contribution in [0.3, 0.4) is 0 Å². The van der Waals surface area contributed by atoms with E-state index in [4.69, 9.17) is 9.84 Å². The number of ether oxygens (including phenoxy) is 4. The predicted octanol–water partition coefficient (Wildman–Crippen LogP) is 1.55. The van der Waals surface area contributed by atoms with Crippen LogP contribution in [0.4, 0.5) is 9.59 Å². The van der Waals surface area contributed by atoms with Gasteiger partial charge in [0.1, 0.15) is 12.7 Å². The first-order valence-electron chi connectivity index (χ1n) is 4.64. The first-order chi connectivity index (χ1) is 8.10. The third-order valence-corrected chi connectivity index (χ3v) is 1.42. The fraction of sp³-hybridized carbons (Fsp3) is 0.400. The fourth-order valence-electron chi connectivity index (χ4n) is 0.765. The van der Waals surface area contributed by atoms with Crippen LogP contribution in [0.2, 0.25) is 0 Å². The zero-order valence-corrected chi connectivity index (χ0v) is 9.16. The van der Waals surface area contributed by atoms with Gasteiger partial charge in [0.05, 0.1) is 19.5 Å². The second kappa shape index (κ2) is 9.22. The summed E-state index contributed by atoms with van der Waals surface area (Å²) < 4.78 is 18.2. The van der Waals surface area contributed by atoms with Gasteiger partial charge in [0.25, 0.3) is 0 Å². The van der Waals surface area contributed by atoms with E-state index in [9.17, 15) is 9.59 Å². The highest BCUT2D eigenvalue weighted by atomic mass is 16.7. The molecule has 0 aromatic carbocycles. The molecule has 0 saturated carbocycles. The summed E-state index contributed by atoms with van der Waals surface area (Å²) in [5.41, 5.74) is 0. The molecular weight excluding hydrogens is 232 g/mol. The largest absolute Gasteiger partial charge is 0.513 e. The van der Waals surface area contributed by atoms with Gasteiger partial charge in [0.2, 0.25) is 0 Å². The van der Waals surface area contributed by atoms with Gasteiger partial charge in [-0.15, -0.1) is 0 Å². The molecule has 0 heterocycles. The highest BCUT2D eigenvalue weighted by Crippen LogP contribution is 1.96. The van der Waals surface area contributed by atoms with Gasteiger partial charge < -0.3 is 24.1 Å². The normalized spacial score (nSPS) is 11.1. The minimum absolute atomic E-state index is 0.00430. The maximum atomic E-state index is 10.7. The summed E-state index contributed by atoms with van der Waals surface area (Å²) in [6.07, 6.45) is -0.818. The molecule has 0 aromatic heterocycles. The second-order valence-electron chi connectivity index (χ2n) is 2.62. The molecule has 1 unspecified atom stereocenters. The molecule has 96 valence electrons. The van der Waals surface area contributed by atoms with Gasteiger partial charge in [-0.2, -0.15) is 0 Å². The minimum atomic E-state index is -1.41. The second-order valence-corrected chi connectivity index (χ2v) is 2.62. The van der Waals surface area contributed by atoms with Crippen molar-refractivity contribution in [3.05, 3.63) is 25.5 Å². The van der Waals surface area contributed by atoms with Gasteiger partial charge >= 0.3 is 12.3 Å². The van der Waals surface area contributed by atoms with Crippen LogP contribution in [0, 0.1) is 0 Å². The molecule has 1 N–H and O–H groups in total. The molecule has 0 aliphatic heterocycles.